The zero-order chi connectivity index (χ0) is 22.7. The van der Waals surface area contributed by atoms with Gasteiger partial charge in [0, 0.05) is 18.7 Å². The number of benzene rings is 2. The number of anilines is 1. The van der Waals surface area contributed by atoms with Crippen molar-refractivity contribution in [1.82, 2.24) is 24.5 Å². The van der Waals surface area contributed by atoms with Gasteiger partial charge in [-0.15, -0.1) is 10.2 Å². The highest BCUT2D eigenvalue weighted by Crippen LogP contribution is 2.25. The molecule has 0 spiro atoms. The largest absolute Gasteiger partial charge is 0.497 e. The summed E-state index contributed by atoms with van der Waals surface area (Å²) in [5.74, 6) is 1.56. The van der Waals surface area contributed by atoms with E-state index in [1.165, 1.54) is 23.9 Å². The van der Waals surface area contributed by atoms with Crippen LogP contribution in [0.2, 0.25) is 0 Å². The lowest BCUT2D eigenvalue weighted by Crippen LogP contribution is -2.17. The molecule has 0 saturated carbocycles. The number of aryl methyl sites for hydroxylation is 1. The van der Waals surface area contributed by atoms with Crippen molar-refractivity contribution in [2.45, 2.75) is 12.1 Å². The molecule has 1 amide bonds. The number of carbonyl (C=O) groups is 1. The second-order valence-electron chi connectivity index (χ2n) is 6.99. The van der Waals surface area contributed by atoms with Crippen molar-refractivity contribution in [1.29, 1.82) is 0 Å². The van der Waals surface area contributed by atoms with Crippen molar-refractivity contribution in [3.8, 4) is 22.8 Å². The molecule has 2 heterocycles. The Kier molecular flexibility index (Phi) is 6.22. The summed E-state index contributed by atoms with van der Waals surface area (Å²) >= 11 is 1.28. The minimum atomic E-state index is -0.336. The molecule has 32 heavy (non-hydrogen) atoms. The lowest BCUT2D eigenvalue weighted by Gasteiger charge is -2.09. The molecule has 0 unspecified atom stereocenters. The molecule has 0 bridgehead atoms. The van der Waals surface area contributed by atoms with E-state index in [1.54, 1.807) is 30.0 Å². The van der Waals surface area contributed by atoms with E-state index in [0.29, 0.717) is 22.5 Å². The first-order valence-corrected chi connectivity index (χ1v) is 10.7. The molecule has 0 aliphatic carbocycles. The SMILES string of the molecule is COc1ccc(-c2nnc(SCC(=O)Nc3cc(C)nn3-c3ccc(F)cc3)n2C)cc1. The first-order valence-electron chi connectivity index (χ1n) is 9.73. The van der Waals surface area contributed by atoms with Gasteiger partial charge in [-0.1, -0.05) is 11.8 Å². The second-order valence-corrected chi connectivity index (χ2v) is 7.93. The van der Waals surface area contributed by atoms with Gasteiger partial charge in [-0.25, -0.2) is 9.07 Å². The van der Waals surface area contributed by atoms with E-state index in [9.17, 15) is 9.18 Å². The van der Waals surface area contributed by atoms with Crippen molar-refractivity contribution in [3.63, 3.8) is 0 Å². The van der Waals surface area contributed by atoms with Crippen LogP contribution in [0.5, 0.6) is 5.75 Å². The molecule has 2 aromatic heterocycles. The van der Waals surface area contributed by atoms with E-state index in [2.05, 4.69) is 20.6 Å². The van der Waals surface area contributed by atoms with Crippen LogP contribution in [0, 0.1) is 12.7 Å². The maximum Gasteiger partial charge on any atom is 0.236 e. The van der Waals surface area contributed by atoms with Crippen LogP contribution >= 0.6 is 11.8 Å². The van der Waals surface area contributed by atoms with Gasteiger partial charge in [0.05, 0.1) is 24.2 Å². The highest BCUT2D eigenvalue weighted by atomic mass is 32.2. The van der Waals surface area contributed by atoms with E-state index in [4.69, 9.17) is 4.74 Å². The quantitative estimate of drug-likeness (QED) is 0.429. The molecule has 8 nitrogen and oxygen atoms in total. The minimum absolute atomic E-state index is 0.141. The number of ether oxygens (including phenoxy) is 1. The number of nitrogens with zero attached hydrogens (tertiary/aromatic N) is 5. The smallest absolute Gasteiger partial charge is 0.236 e. The summed E-state index contributed by atoms with van der Waals surface area (Å²) in [6.45, 7) is 1.82. The maximum absolute atomic E-state index is 13.2. The fourth-order valence-electron chi connectivity index (χ4n) is 3.11. The van der Waals surface area contributed by atoms with Crippen molar-refractivity contribution in [2.75, 3.05) is 18.2 Å². The lowest BCUT2D eigenvalue weighted by atomic mass is 10.2. The van der Waals surface area contributed by atoms with Crippen LogP contribution in [0.15, 0.2) is 59.8 Å². The standard InChI is InChI=1S/C22H21FN6O2S/c1-14-12-19(29(27-14)17-8-6-16(23)7-9-17)24-20(30)13-32-22-26-25-21(28(22)2)15-4-10-18(31-3)11-5-15/h4-12H,13H2,1-3H3,(H,24,30). The zero-order valence-electron chi connectivity index (χ0n) is 17.7. The van der Waals surface area contributed by atoms with Crippen LogP contribution < -0.4 is 10.1 Å². The molecule has 164 valence electrons. The molecule has 0 atom stereocenters. The molecule has 0 aliphatic rings. The summed E-state index contributed by atoms with van der Waals surface area (Å²) in [6.07, 6.45) is 0. The van der Waals surface area contributed by atoms with Crippen LogP contribution in [0.3, 0.4) is 0 Å². The first-order chi connectivity index (χ1) is 15.4. The summed E-state index contributed by atoms with van der Waals surface area (Å²) in [5.41, 5.74) is 2.28. The van der Waals surface area contributed by atoms with Crippen molar-refractivity contribution < 1.29 is 13.9 Å². The average molecular weight is 453 g/mol. The molecule has 2 aromatic carbocycles. The third-order valence-electron chi connectivity index (χ3n) is 4.69. The topological polar surface area (TPSA) is 86.9 Å². The van der Waals surface area contributed by atoms with E-state index in [-0.39, 0.29) is 17.5 Å². The molecule has 10 heteroatoms. The fraction of sp³-hybridized carbons (Fsp3) is 0.182. The molecule has 0 aliphatic heterocycles. The van der Waals surface area contributed by atoms with Crippen molar-refractivity contribution >= 4 is 23.5 Å². The molecule has 0 fully saturated rings. The Morgan fingerprint density at radius 2 is 1.84 bits per heavy atom. The molecule has 4 rings (SSSR count). The van der Waals surface area contributed by atoms with Gasteiger partial charge in [0.15, 0.2) is 11.0 Å². The Balaban J connectivity index is 1.43. The zero-order valence-corrected chi connectivity index (χ0v) is 18.6. The van der Waals surface area contributed by atoms with Crippen LogP contribution in [-0.2, 0) is 11.8 Å². The van der Waals surface area contributed by atoms with E-state index < -0.39 is 0 Å². The molecule has 1 N–H and O–H groups in total. The Bertz CT molecular complexity index is 1230. The highest BCUT2D eigenvalue weighted by Gasteiger charge is 2.15. The monoisotopic (exact) mass is 452 g/mol. The van der Waals surface area contributed by atoms with Gasteiger partial charge < -0.3 is 14.6 Å². The van der Waals surface area contributed by atoms with Gasteiger partial charge >= 0.3 is 0 Å². The van der Waals surface area contributed by atoms with Gasteiger partial charge in [0.25, 0.3) is 0 Å². The van der Waals surface area contributed by atoms with Gasteiger partial charge in [-0.05, 0) is 55.5 Å². The molecule has 0 radical (unpaired) electrons. The van der Waals surface area contributed by atoms with E-state index in [0.717, 1.165) is 17.0 Å². The average Bonchev–Trinajstić information content (AvgIpc) is 3.34. The predicted molar refractivity (Wildman–Crippen MR) is 121 cm³/mol. The number of halogens is 1. The number of nitrogens with one attached hydrogen (secondary N) is 1. The first kappa shape index (κ1) is 21.6. The Labute approximate surface area is 188 Å². The maximum atomic E-state index is 13.2. The van der Waals surface area contributed by atoms with Crippen LogP contribution in [-0.4, -0.2) is 43.3 Å². The number of methoxy groups -OCH3 is 1. The van der Waals surface area contributed by atoms with Crippen LogP contribution in [0.25, 0.3) is 17.1 Å². The summed E-state index contributed by atoms with van der Waals surface area (Å²) < 4.78 is 21.8. The minimum Gasteiger partial charge on any atom is -0.497 e. The van der Waals surface area contributed by atoms with Gasteiger partial charge in [-0.2, -0.15) is 5.10 Å². The van der Waals surface area contributed by atoms with Gasteiger partial charge in [0.2, 0.25) is 5.91 Å². The molecule has 0 saturated heterocycles. The second kappa shape index (κ2) is 9.23. The van der Waals surface area contributed by atoms with Crippen LogP contribution in [0.1, 0.15) is 5.69 Å². The van der Waals surface area contributed by atoms with Gasteiger partial charge in [-0.3, -0.25) is 4.79 Å². The summed E-state index contributed by atoms with van der Waals surface area (Å²) in [6, 6.07) is 15.2. The number of amides is 1. The van der Waals surface area contributed by atoms with Crippen LogP contribution in [0.4, 0.5) is 10.2 Å². The molecular formula is C22H21FN6O2S. The Morgan fingerprint density at radius 3 is 2.53 bits per heavy atom. The Morgan fingerprint density at radius 1 is 1.12 bits per heavy atom. The van der Waals surface area contributed by atoms with Gasteiger partial charge in [0.1, 0.15) is 17.4 Å². The normalized spacial score (nSPS) is 10.9. The van der Waals surface area contributed by atoms with E-state index in [1.807, 2.05) is 42.8 Å². The van der Waals surface area contributed by atoms with E-state index >= 15 is 0 Å². The number of hydrogen-bond acceptors (Lipinski definition) is 6. The third-order valence-corrected chi connectivity index (χ3v) is 5.71. The molecular weight excluding hydrogens is 431 g/mol. The number of thioether (sulfide) groups is 1. The van der Waals surface area contributed by atoms with Crippen molar-refractivity contribution in [2.24, 2.45) is 7.05 Å². The Hall–Kier alpha value is -3.66. The number of carbonyl (C=O) groups excluding carboxylic acids is 1. The highest BCUT2D eigenvalue weighted by molar-refractivity contribution is 7.99. The predicted octanol–water partition coefficient (Wildman–Crippen LogP) is 3.85. The molecule has 4 aromatic rings. The number of hydrogen-bond donors (Lipinski definition) is 1. The van der Waals surface area contributed by atoms with Crippen molar-refractivity contribution in [3.05, 3.63) is 66.1 Å². The fourth-order valence-corrected chi connectivity index (χ4v) is 3.82. The summed E-state index contributed by atoms with van der Waals surface area (Å²) in [5, 5.41) is 16.3. The lowest BCUT2D eigenvalue weighted by molar-refractivity contribution is -0.113. The number of aromatic nitrogens is 5. The number of rotatable bonds is 7. The summed E-state index contributed by atoms with van der Waals surface area (Å²) in [7, 11) is 3.47. The summed E-state index contributed by atoms with van der Waals surface area (Å²) in [4.78, 5) is 12.6. The third kappa shape index (κ3) is 4.65.